The van der Waals surface area contributed by atoms with E-state index in [-0.39, 0.29) is 18.3 Å². The average Bonchev–Trinajstić information content (AvgIpc) is 3.18. The molecule has 2 heterocycles. The van der Waals surface area contributed by atoms with Crippen molar-refractivity contribution in [1.82, 2.24) is 4.90 Å². The Labute approximate surface area is 216 Å². The minimum Gasteiger partial charge on any atom is -0.508 e. The summed E-state index contributed by atoms with van der Waals surface area (Å²) in [6.07, 6.45) is -3.70. The number of benzene rings is 2. The number of hydrogen-bond donors (Lipinski definition) is 4. The highest BCUT2D eigenvalue weighted by atomic mass is 19.4. The molecule has 208 valence electrons. The number of hydrogen-bond acceptors (Lipinski definition) is 8. The minimum absolute atomic E-state index is 0.00310. The number of carboxylic acids is 1. The molecule has 1 atom stereocenters. The lowest BCUT2D eigenvalue weighted by Gasteiger charge is -2.39. The van der Waals surface area contributed by atoms with Crippen LogP contribution in [0.4, 0.5) is 18.9 Å². The van der Waals surface area contributed by atoms with Gasteiger partial charge in [-0.25, -0.2) is 4.79 Å². The van der Waals surface area contributed by atoms with Gasteiger partial charge in [0.15, 0.2) is 11.5 Å². The lowest BCUT2D eigenvalue weighted by atomic mass is 10.0. The molecule has 38 heavy (non-hydrogen) atoms. The normalized spacial score (nSPS) is 17.6. The molecule has 1 spiro atoms. The topological polar surface area (TPSA) is 138 Å². The summed E-state index contributed by atoms with van der Waals surface area (Å²) in [6, 6.07) is 12.1. The van der Waals surface area contributed by atoms with Gasteiger partial charge in [0.2, 0.25) is 5.91 Å². The molecule has 2 aromatic carbocycles. The third kappa shape index (κ3) is 7.89. The van der Waals surface area contributed by atoms with Gasteiger partial charge in [-0.3, -0.25) is 9.69 Å². The molecule has 0 saturated carbocycles. The lowest BCUT2D eigenvalue weighted by Crippen LogP contribution is -2.53. The van der Waals surface area contributed by atoms with E-state index >= 15 is 0 Å². The molecule has 0 unspecified atom stereocenters. The summed E-state index contributed by atoms with van der Waals surface area (Å²) in [6.45, 7) is 4.94. The number of carbonyl (C=O) groups excluding carboxylic acids is 1. The van der Waals surface area contributed by atoms with Gasteiger partial charge in [-0.1, -0.05) is 12.1 Å². The summed E-state index contributed by atoms with van der Waals surface area (Å²) in [4.78, 5) is 22.4. The first-order chi connectivity index (χ1) is 17.7. The average molecular weight is 543 g/mol. The molecule has 2 aliphatic rings. The Kier molecular flexibility index (Phi) is 8.62. The molecule has 0 aromatic heterocycles. The molecule has 13 heteroatoms. The zero-order valence-electron chi connectivity index (χ0n) is 20.7. The summed E-state index contributed by atoms with van der Waals surface area (Å²) in [7, 11) is 0. The van der Waals surface area contributed by atoms with Gasteiger partial charge in [0.05, 0.1) is 5.69 Å². The Morgan fingerprint density at radius 2 is 1.66 bits per heavy atom. The van der Waals surface area contributed by atoms with Crippen molar-refractivity contribution < 1.29 is 52.3 Å². The van der Waals surface area contributed by atoms with Gasteiger partial charge in [-0.2, -0.15) is 13.2 Å². The molecule has 0 bridgehead atoms. The number of amides is 1. The number of fused-ring (bicyclic) bond motifs is 1. The number of carboxylic acid groups (broad SMARTS) is 1. The van der Waals surface area contributed by atoms with Crippen molar-refractivity contribution in [3.63, 3.8) is 0 Å². The van der Waals surface area contributed by atoms with Crippen LogP contribution in [0.15, 0.2) is 42.5 Å². The second kappa shape index (κ2) is 11.4. The Morgan fingerprint density at radius 1 is 1.11 bits per heavy atom. The van der Waals surface area contributed by atoms with E-state index in [2.05, 4.69) is 10.2 Å². The maximum atomic E-state index is 11.4. The molecule has 4 rings (SSSR count). The molecule has 2 aromatic rings. The van der Waals surface area contributed by atoms with Crippen LogP contribution in [-0.4, -0.2) is 75.9 Å². The fraction of sp³-hybridized carbons (Fsp3) is 0.440. The van der Waals surface area contributed by atoms with E-state index in [9.17, 15) is 28.2 Å². The number of para-hydroxylation sites is 2. The molecular formula is C25H29F3N2O8. The van der Waals surface area contributed by atoms with Gasteiger partial charge in [-0.05, 0) is 31.2 Å². The summed E-state index contributed by atoms with van der Waals surface area (Å²) in [5.74, 6) is -1.76. The zero-order chi connectivity index (χ0) is 28.1. The second-order valence-electron chi connectivity index (χ2n) is 9.29. The van der Waals surface area contributed by atoms with E-state index in [1.807, 2.05) is 24.3 Å². The first-order valence-corrected chi connectivity index (χ1v) is 11.6. The fourth-order valence-electron chi connectivity index (χ4n) is 3.98. The standard InChI is InChI=1S/C23H28N2O6.C2HF3O2/c1-16(26)24-18-8-7-17(27)13-21(18)29-15-22(2,28)14-25-11-9-23(10-12-25)30-19-5-3-4-6-20(19)31-23;3-2(4,5)1(6)7/h3-8,13,27-28H,9-12,14-15H2,1-2H3,(H,24,26);(H,6,7)/t22-;/m0./s1. The molecule has 1 saturated heterocycles. The Balaban J connectivity index is 0.000000505. The number of alkyl halides is 3. The van der Waals surface area contributed by atoms with Crippen LogP contribution in [0.5, 0.6) is 23.0 Å². The summed E-state index contributed by atoms with van der Waals surface area (Å²) < 4.78 is 49.7. The van der Waals surface area contributed by atoms with Gasteiger partial charge in [0, 0.05) is 45.5 Å². The number of phenolic OH excluding ortho intramolecular Hbond substituents is 1. The van der Waals surface area contributed by atoms with Crippen molar-refractivity contribution in [3.05, 3.63) is 42.5 Å². The molecule has 1 amide bonds. The number of rotatable bonds is 6. The van der Waals surface area contributed by atoms with Crippen LogP contribution in [0.2, 0.25) is 0 Å². The van der Waals surface area contributed by atoms with Gasteiger partial charge in [-0.15, -0.1) is 0 Å². The largest absolute Gasteiger partial charge is 0.508 e. The molecular weight excluding hydrogens is 513 g/mol. The van der Waals surface area contributed by atoms with Crippen LogP contribution < -0.4 is 19.5 Å². The molecule has 1 fully saturated rings. The molecule has 0 radical (unpaired) electrons. The molecule has 4 N–H and O–H groups in total. The number of aliphatic carboxylic acids is 1. The first-order valence-electron chi connectivity index (χ1n) is 11.6. The molecule has 2 aliphatic heterocycles. The van der Waals surface area contributed by atoms with Gasteiger partial charge < -0.3 is 34.8 Å². The van der Waals surface area contributed by atoms with Crippen LogP contribution in [0, 0.1) is 0 Å². The molecule has 10 nitrogen and oxygen atoms in total. The third-order valence-corrected chi connectivity index (χ3v) is 5.68. The van der Waals surface area contributed by atoms with E-state index in [4.69, 9.17) is 24.1 Å². The quantitative estimate of drug-likeness (QED) is 0.405. The summed E-state index contributed by atoms with van der Waals surface area (Å²) in [5.41, 5.74) is -0.694. The van der Waals surface area contributed by atoms with Crippen LogP contribution in [0.25, 0.3) is 0 Å². The zero-order valence-corrected chi connectivity index (χ0v) is 20.7. The maximum Gasteiger partial charge on any atom is 0.490 e. The minimum atomic E-state index is -5.08. The number of aliphatic hydroxyl groups is 1. The van der Waals surface area contributed by atoms with Crippen LogP contribution >= 0.6 is 0 Å². The van der Waals surface area contributed by atoms with E-state index in [0.29, 0.717) is 43.9 Å². The number of nitrogens with zero attached hydrogens (tertiary/aromatic N) is 1. The highest BCUT2D eigenvalue weighted by Crippen LogP contribution is 2.43. The lowest BCUT2D eigenvalue weighted by molar-refractivity contribution is -0.192. The first kappa shape index (κ1) is 28.9. The van der Waals surface area contributed by atoms with Crippen molar-refractivity contribution in [2.45, 2.75) is 44.3 Å². The number of likely N-dealkylation sites (tertiary alicyclic amines) is 1. The number of piperidine rings is 1. The van der Waals surface area contributed by atoms with E-state index in [1.54, 1.807) is 13.0 Å². The number of anilines is 1. The van der Waals surface area contributed by atoms with Gasteiger partial charge in [0.1, 0.15) is 23.7 Å². The maximum absolute atomic E-state index is 11.4. The van der Waals surface area contributed by atoms with E-state index < -0.39 is 23.5 Å². The predicted molar refractivity (Wildman–Crippen MR) is 128 cm³/mol. The predicted octanol–water partition coefficient (Wildman–Crippen LogP) is 3.38. The number of carbonyl (C=O) groups is 2. The Morgan fingerprint density at radius 3 is 2.16 bits per heavy atom. The number of β-amino-alcohol motifs (C(OH)–C–C–N with tert-alkyl or cyclic N) is 1. The van der Waals surface area contributed by atoms with E-state index in [1.165, 1.54) is 19.1 Å². The smallest absolute Gasteiger partial charge is 0.490 e. The van der Waals surface area contributed by atoms with Crippen molar-refractivity contribution in [3.8, 4) is 23.0 Å². The number of nitrogens with one attached hydrogen (secondary N) is 1. The number of halogens is 3. The highest BCUT2D eigenvalue weighted by Gasteiger charge is 2.45. The van der Waals surface area contributed by atoms with Crippen molar-refractivity contribution in [2.75, 3.05) is 31.6 Å². The van der Waals surface area contributed by atoms with Crippen molar-refractivity contribution in [2.24, 2.45) is 0 Å². The van der Waals surface area contributed by atoms with Gasteiger partial charge in [0.25, 0.3) is 5.79 Å². The van der Waals surface area contributed by atoms with Crippen LogP contribution in [0.3, 0.4) is 0 Å². The Hall–Kier alpha value is -3.71. The SMILES string of the molecule is CC(=O)Nc1ccc(O)cc1OC[C@@](C)(O)CN1CCC2(CC1)Oc1ccccc1O2.O=C(O)C(F)(F)F. The van der Waals surface area contributed by atoms with Crippen LogP contribution in [0.1, 0.15) is 26.7 Å². The fourth-order valence-corrected chi connectivity index (χ4v) is 3.98. The van der Waals surface area contributed by atoms with E-state index in [0.717, 1.165) is 11.5 Å². The second-order valence-corrected chi connectivity index (χ2v) is 9.29. The highest BCUT2D eigenvalue weighted by molar-refractivity contribution is 5.90. The number of ether oxygens (including phenoxy) is 3. The van der Waals surface area contributed by atoms with Crippen molar-refractivity contribution in [1.29, 1.82) is 0 Å². The number of phenols is 1. The molecule has 0 aliphatic carbocycles. The van der Waals surface area contributed by atoms with Gasteiger partial charge >= 0.3 is 12.1 Å². The monoisotopic (exact) mass is 542 g/mol. The summed E-state index contributed by atoms with van der Waals surface area (Å²) in [5, 5.41) is 30.4. The Bertz CT molecular complexity index is 1120. The third-order valence-electron chi connectivity index (χ3n) is 5.68. The van der Waals surface area contributed by atoms with Crippen molar-refractivity contribution >= 4 is 17.6 Å². The number of aromatic hydroxyl groups is 1. The summed E-state index contributed by atoms with van der Waals surface area (Å²) >= 11 is 0. The van der Waals surface area contributed by atoms with Crippen LogP contribution in [-0.2, 0) is 9.59 Å².